The molecule has 9 heterocycles. The van der Waals surface area contributed by atoms with Crippen molar-refractivity contribution in [3.63, 3.8) is 0 Å². The molecule has 8 N–H and O–H groups in total. The van der Waals surface area contributed by atoms with Gasteiger partial charge in [-0.25, -0.2) is 0 Å². The van der Waals surface area contributed by atoms with E-state index in [1.807, 2.05) is 0 Å². The first-order valence-corrected chi connectivity index (χ1v) is 23.3. The summed E-state index contributed by atoms with van der Waals surface area (Å²) in [6.07, 6.45) is 0. The van der Waals surface area contributed by atoms with Crippen molar-refractivity contribution in [2.75, 3.05) is 0 Å². The molecule has 9 rings (SSSR count). The summed E-state index contributed by atoms with van der Waals surface area (Å²) >= 11 is 0. The number of aromatic nitrogens is 8. The topological polar surface area (TPSA) is 126 Å². The summed E-state index contributed by atoms with van der Waals surface area (Å²) in [4.78, 5) is 31.1. The molecule has 0 saturated heterocycles. The lowest BCUT2D eigenvalue weighted by Crippen LogP contribution is -2.26. The first-order valence-electron chi connectivity index (χ1n) is 23.3. The third-order valence-corrected chi connectivity index (χ3v) is 16.3. The fourth-order valence-electron chi connectivity index (χ4n) is 10.2. The molecule has 1 aliphatic rings. The van der Waals surface area contributed by atoms with Gasteiger partial charge in [0.15, 0.2) is 0 Å². The van der Waals surface area contributed by atoms with Crippen LogP contribution >= 0.6 is 0 Å². The number of rotatable bonds is 0. The van der Waals surface area contributed by atoms with E-state index in [2.05, 4.69) is 248 Å². The van der Waals surface area contributed by atoms with Gasteiger partial charge in [-0.1, -0.05) is 0 Å². The number of aromatic amines is 8. The summed E-state index contributed by atoms with van der Waals surface area (Å²) in [7, 11) is 0. The molecule has 8 aromatic heterocycles. The lowest BCUT2D eigenvalue weighted by atomic mass is 9.85. The smallest absolute Gasteiger partial charge is 0.0447 e. The standard InChI is InChI=1S/C56H72N8/c1-49(2)33-17-19-35(57-33)50(3,4)37-21-23-39(59-37)52(7,8)41-25-27-43(61-41)54(11,12)45-29-31-47(63-45)56(15,16)48-32-30-46(64-48)55(13,14)44-28-26-42(62-44)53(9,10)40-24-22-38(60-40)51(5,6)36-20-18-34(49)58-36/h17-32,57-64H,1-16H3. The van der Waals surface area contributed by atoms with Crippen molar-refractivity contribution in [2.24, 2.45) is 0 Å². The maximum atomic E-state index is 3.89. The second kappa shape index (κ2) is 13.9. The molecule has 0 amide bonds. The summed E-state index contributed by atoms with van der Waals surface area (Å²) in [5.41, 5.74) is 16.5. The second-order valence-corrected chi connectivity index (χ2v) is 23.3. The van der Waals surface area contributed by atoms with E-state index in [0.29, 0.717) is 0 Å². The summed E-state index contributed by atoms with van der Waals surface area (Å²) in [5, 5.41) is 0. The highest BCUT2D eigenvalue weighted by Crippen LogP contribution is 2.43. The predicted molar refractivity (Wildman–Crippen MR) is 263 cm³/mol. The van der Waals surface area contributed by atoms with E-state index in [0.717, 1.165) is 0 Å². The van der Waals surface area contributed by atoms with Gasteiger partial charge in [0.05, 0.1) is 0 Å². The van der Waals surface area contributed by atoms with Crippen LogP contribution in [0.5, 0.6) is 0 Å². The average Bonchev–Trinajstić information content (AvgIpc) is 4.11. The monoisotopic (exact) mass is 857 g/mol. The van der Waals surface area contributed by atoms with Gasteiger partial charge in [0, 0.05) is 134 Å². The van der Waals surface area contributed by atoms with Gasteiger partial charge in [0.2, 0.25) is 0 Å². The molecule has 336 valence electrons. The van der Waals surface area contributed by atoms with Gasteiger partial charge < -0.3 is 39.9 Å². The maximum Gasteiger partial charge on any atom is 0.0447 e. The van der Waals surface area contributed by atoms with E-state index in [1.165, 1.54) is 91.1 Å². The van der Waals surface area contributed by atoms with E-state index in [9.17, 15) is 0 Å². The van der Waals surface area contributed by atoms with Gasteiger partial charge in [-0.05, 0) is 208 Å². The molecular formula is C56H72N8. The molecule has 1 aliphatic heterocycles. The summed E-state index contributed by atoms with van der Waals surface area (Å²) in [5.74, 6) is 0. The molecule has 0 aromatic carbocycles. The van der Waals surface area contributed by atoms with Crippen molar-refractivity contribution >= 4 is 0 Å². The van der Waals surface area contributed by atoms with Crippen LogP contribution < -0.4 is 0 Å². The molecule has 0 aliphatic carbocycles. The normalized spacial score (nSPS) is 20.2. The summed E-state index contributed by atoms with van der Waals surface area (Å²) in [6, 6.07) is 36.2. The van der Waals surface area contributed by atoms with Crippen LogP contribution in [0.1, 0.15) is 202 Å². The van der Waals surface area contributed by atoms with Crippen molar-refractivity contribution in [3.05, 3.63) is 188 Å². The first-order chi connectivity index (χ1) is 29.7. The highest BCUT2D eigenvalue weighted by molar-refractivity contribution is 5.45. The molecule has 0 fully saturated rings. The van der Waals surface area contributed by atoms with Gasteiger partial charge in [0.1, 0.15) is 0 Å². The van der Waals surface area contributed by atoms with Crippen LogP contribution in [0.3, 0.4) is 0 Å². The third kappa shape index (κ3) is 6.52. The lowest BCUT2D eigenvalue weighted by Gasteiger charge is -2.28. The SMILES string of the molecule is CC1(C)c2ccc([nH]2)C(C)(C)c2ccc([nH]2)C(C)(C)c2ccc([nH]2)C(C)(C)c2ccc([nH]2)C(C)(C)c2ccc([nH]2)C(C)(C)c2ccc([nH]2)C(C)(C)c2ccc([nH]2)C(C)(C)c2ccc1[nH]2. The molecule has 0 atom stereocenters. The Morgan fingerprint density at radius 2 is 0.219 bits per heavy atom. The largest absolute Gasteiger partial charge is 0.361 e. The average molecular weight is 857 g/mol. The van der Waals surface area contributed by atoms with Gasteiger partial charge >= 0.3 is 0 Å². The number of nitrogens with one attached hydrogen (secondary N) is 8. The zero-order valence-corrected chi connectivity index (χ0v) is 41.2. The summed E-state index contributed by atoms with van der Waals surface area (Å²) < 4.78 is 0. The van der Waals surface area contributed by atoms with Crippen LogP contribution in [0.25, 0.3) is 0 Å². The minimum Gasteiger partial charge on any atom is -0.361 e. The number of hydrogen-bond donors (Lipinski definition) is 8. The van der Waals surface area contributed by atoms with Gasteiger partial charge in [-0.3, -0.25) is 0 Å². The second-order valence-electron chi connectivity index (χ2n) is 23.3. The zero-order chi connectivity index (χ0) is 46.2. The molecule has 16 bridgehead atoms. The van der Waals surface area contributed by atoms with Gasteiger partial charge in [-0.15, -0.1) is 0 Å². The number of fused-ring (bicyclic) bond motifs is 16. The van der Waals surface area contributed by atoms with E-state index in [4.69, 9.17) is 0 Å². The van der Waals surface area contributed by atoms with Crippen molar-refractivity contribution in [3.8, 4) is 0 Å². The Balaban J connectivity index is 1.13. The van der Waals surface area contributed by atoms with E-state index in [1.54, 1.807) is 0 Å². The number of hydrogen-bond acceptors (Lipinski definition) is 0. The van der Waals surface area contributed by atoms with Crippen LogP contribution in [0.2, 0.25) is 0 Å². The van der Waals surface area contributed by atoms with E-state index in [-0.39, 0.29) is 43.3 Å². The van der Waals surface area contributed by atoms with E-state index >= 15 is 0 Å². The molecule has 8 nitrogen and oxygen atoms in total. The first kappa shape index (κ1) is 43.5. The van der Waals surface area contributed by atoms with Crippen molar-refractivity contribution < 1.29 is 0 Å². The Morgan fingerprint density at radius 1 is 0.156 bits per heavy atom. The van der Waals surface area contributed by atoms with Gasteiger partial charge in [-0.2, -0.15) is 0 Å². The maximum absolute atomic E-state index is 3.89. The minimum absolute atomic E-state index is 0.287. The summed E-state index contributed by atoms with van der Waals surface area (Å²) in [6.45, 7) is 36.8. The van der Waals surface area contributed by atoms with Crippen LogP contribution in [0, 0.1) is 0 Å². The Bertz CT molecular complexity index is 2200. The lowest BCUT2D eigenvalue weighted by molar-refractivity contribution is 0.545. The number of H-pyrrole nitrogens is 8. The Morgan fingerprint density at radius 3 is 0.281 bits per heavy atom. The minimum atomic E-state index is -0.287. The zero-order valence-electron chi connectivity index (χ0n) is 41.2. The Kier molecular flexibility index (Phi) is 9.43. The quantitative estimate of drug-likeness (QED) is 0.0740. The molecule has 0 radical (unpaired) electrons. The molecule has 0 spiro atoms. The van der Waals surface area contributed by atoms with Crippen molar-refractivity contribution in [1.82, 2.24) is 39.9 Å². The molecule has 0 unspecified atom stereocenters. The highest BCUT2D eigenvalue weighted by atomic mass is 14.9. The van der Waals surface area contributed by atoms with E-state index < -0.39 is 0 Å². The Hall–Kier alpha value is -5.76. The van der Waals surface area contributed by atoms with Crippen molar-refractivity contribution in [2.45, 2.75) is 154 Å². The molecule has 8 heteroatoms. The van der Waals surface area contributed by atoms with Crippen LogP contribution in [0.4, 0.5) is 0 Å². The van der Waals surface area contributed by atoms with Crippen molar-refractivity contribution in [1.29, 1.82) is 0 Å². The molecule has 0 saturated carbocycles. The third-order valence-electron chi connectivity index (χ3n) is 16.3. The predicted octanol–water partition coefficient (Wildman–Crippen LogP) is 13.2. The van der Waals surface area contributed by atoms with Crippen LogP contribution in [0.15, 0.2) is 97.1 Å². The van der Waals surface area contributed by atoms with Gasteiger partial charge in [0.25, 0.3) is 0 Å². The van der Waals surface area contributed by atoms with Crippen LogP contribution in [-0.4, -0.2) is 39.9 Å². The molecular weight excluding hydrogens is 785 g/mol. The Labute approximate surface area is 380 Å². The highest BCUT2D eigenvalue weighted by Gasteiger charge is 2.38. The molecule has 64 heavy (non-hydrogen) atoms. The fourth-order valence-corrected chi connectivity index (χ4v) is 10.2. The fraction of sp³-hybridized carbons (Fsp3) is 0.429. The molecule has 8 aromatic rings. The van der Waals surface area contributed by atoms with Crippen LogP contribution in [-0.2, 0) is 43.3 Å².